The van der Waals surface area contributed by atoms with Crippen LogP contribution in [0.1, 0.15) is 80.2 Å². The van der Waals surface area contributed by atoms with Crippen molar-refractivity contribution < 1.29 is 52.7 Å². The van der Waals surface area contributed by atoms with Crippen LogP contribution in [0.15, 0.2) is 41.7 Å². The Hall–Kier alpha value is -4.13. The third-order valence-corrected chi connectivity index (χ3v) is 11.9. The molecule has 14 nitrogen and oxygen atoms in total. The van der Waals surface area contributed by atoms with E-state index in [1.165, 1.54) is 14.0 Å². The number of likely N-dealkylation sites (N-methyl/N-ethyl adjacent to an activating group) is 1. The molecule has 1 N–H and O–H groups in total. The number of ketones is 1. The highest BCUT2D eigenvalue weighted by Crippen LogP contribution is 2.42. The fourth-order valence-electron chi connectivity index (χ4n) is 8.66. The Balaban J connectivity index is 1.54. The molecule has 2 aromatic rings. The molecule has 0 unspecified atom stereocenters. The number of aromatic nitrogens is 1. The quantitative estimate of drug-likeness (QED) is 0.126. The van der Waals surface area contributed by atoms with E-state index in [4.69, 9.17) is 33.3 Å². The van der Waals surface area contributed by atoms with Gasteiger partial charge >= 0.3 is 12.1 Å². The second-order valence-corrected chi connectivity index (χ2v) is 16.4. The lowest BCUT2D eigenvalue weighted by molar-refractivity contribution is -0.295. The highest BCUT2D eigenvalue weighted by Gasteiger charge is 2.58. The lowest BCUT2D eigenvalue weighted by Gasteiger charge is -2.47. The number of hydrogen-bond acceptors (Lipinski definition) is 14. The maximum absolute atomic E-state index is 14.3. The topological polar surface area (TPSA) is 165 Å². The molecule has 5 rings (SSSR count). The Kier molecular flexibility index (Phi) is 14.0. The fraction of sp³-hybridized carbons (Fsp3) is 0.651. The molecule has 14 heteroatoms. The van der Waals surface area contributed by atoms with E-state index in [2.05, 4.69) is 22.0 Å². The van der Waals surface area contributed by atoms with Crippen LogP contribution in [0.25, 0.3) is 10.9 Å². The van der Waals surface area contributed by atoms with Crippen LogP contribution in [0.3, 0.4) is 0 Å². The van der Waals surface area contributed by atoms with E-state index in [-0.39, 0.29) is 31.6 Å². The van der Waals surface area contributed by atoms with Gasteiger partial charge < -0.3 is 43.3 Å². The second kappa shape index (κ2) is 18.2. The molecule has 13 atom stereocenters. The van der Waals surface area contributed by atoms with Crippen LogP contribution in [0.5, 0.6) is 0 Å². The summed E-state index contributed by atoms with van der Waals surface area (Å²) in [6.07, 6.45) is -3.50. The molecule has 1 aromatic heterocycles. The molecule has 3 aliphatic heterocycles. The molecule has 57 heavy (non-hydrogen) atoms. The van der Waals surface area contributed by atoms with Crippen LogP contribution in [-0.4, -0.2) is 120 Å². The molecule has 0 aliphatic carbocycles. The average Bonchev–Trinajstić information content (AvgIpc) is 3.50. The smallest absolute Gasteiger partial charge is 0.457 e. The second-order valence-electron chi connectivity index (χ2n) is 16.4. The van der Waals surface area contributed by atoms with Gasteiger partial charge in [-0.25, -0.2) is 4.79 Å². The van der Waals surface area contributed by atoms with Crippen molar-refractivity contribution in [3.8, 4) is 11.8 Å². The predicted molar refractivity (Wildman–Crippen MR) is 211 cm³/mol. The lowest BCUT2D eigenvalue weighted by atomic mass is 9.74. The molecule has 3 aliphatic rings. The molecule has 4 heterocycles. The number of carbonyl (C=O) groups is 3. The van der Waals surface area contributed by atoms with Gasteiger partial charge in [0, 0.05) is 48.1 Å². The van der Waals surface area contributed by atoms with E-state index in [1.54, 1.807) is 27.0 Å². The number of Topliss-reactive ketones (excluding diaryl/α,β-unsaturated/α-hetero) is 1. The van der Waals surface area contributed by atoms with Crippen LogP contribution in [0, 0.1) is 35.5 Å². The number of aliphatic hydroxyl groups excluding tert-OH is 1. The van der Waals surface area contributed by atoms with Gasteiger partial charge in [-0.15, -0.1) is 0 Å². The van der Waals surface area contributed by atoms with E-state index in [0.717, 1.165) is 16.5 Å². The Morgan fingerprint density at radius 3 is 2.47 bits per heavy atom. The number of methoxy groups -OCH3 is 1. The van der Waals surface area contributed by atoms with E-state index in [0.29, 0.717) is 12.1 Å². The van der Waals surface area contributed by atoms with Gasteiger partial charge in [0.25, 0.3) is 0 Å². The number of hydrogen-bond donors (Lipinski definition) is 1. The zero-order valence-electron chi connectivity index (χ0n) is 35.0. The van der Waals surface area contributed by atoms with Crippen molar-refractivity contribution in [3.63, 3.8) is 0 Å². The van der Waals surface area contributed by atoms with Crippen molar-refractivity contribution in [2.75, 3.05) is 27.8 Å². The molecule has 0 saturated carbocycles. The number of pyridine rings is 1. The predicted octanol–water partition coefficient (Wildman–Crippen LogP) is 5.31. The third kappa shape index (κ3) is 9.44. The molecule has 3 saturated heterocycles. The van der Waals surface area contributed by atoms with Crippen LogP contribution in [0.4, 0.5) is 4.79 Å². The first-order valence-electron chi connectivity index (χ1n) is 19.8. The van der Waals surface area contributed by atoms with Crippen LogP contribution < -0.4 is 0 Å². The number of fused-ring (bicyclic) bond motifs is 2. The van der Waals surface area contributed by atoms with Crippen LogP contribution >= 0.6 is 0 Å². The van der Waals surface area contributed by atoms with Crippen LogP contribution in [0.2, 0.25) is 0 Å². The van der Waals surface area contributed by atoms with Gasteiger partial charge in [0.1, 0.15) is 18.1 Å². The summed E-state index contributed by atoms with van der Waals surface area (Å²) in [4.78, 5) is 53.2. The van der Waals surface area contributed by atoms with Gasteiger partial charge in [-0.05, 0) is 85.3 Å². The first-order chi connectivity index (χ1) is 26.9. The van der Waals surface area contributed by atoms with Crippen molar-refractivity contribution in [1.29, 1.82) is 0 Å². The van der Waals surface area contributed by atoms with Gasteiger partial charge in [-0.2, -0.15) is 0 Å². The standard InChI is InChI=1S/C43H59N3O11/c1-12-33-43(8)38(56-41(50)57-43)26(4)34(45-52-20-14-15-29-17-18-31-30(22-29)16-13-19-44-31)24(2)23-42(7,51-11)37(27(5)35(47)28(6)39(49)54-33)55-40-36(48)32(46(9)10)21-25(3)53-40/h13,16-19,22,24-28,32-33,36-38,40,48H,12,20-21,23H2,1-11H3/b45-34+/t24-,25-,26+,27+,28-,32+,33-,36-,37-,38-,40+,42-,43-/m1/s1. The number of esters is 1. The highest BCUT2D eigenvalue weighted by molar-refractivity contribution is 6.00. The minimum Gasteiger partial charge on any atom is -0.457 e. The van der Waals surface area contributed by atoms with Gasteiger partial charge in [0.15, 0.2) is 30.4 Å². The summed E-state index contributed by atoms with van der Waals surface area (Å²) in [7, 11) is 5.28. The molecule has 0 radical (unpaired) electrons. The molecule has 0 amide bonds. The van der Waals surface area contributed by atoms with Gasteiger partial charge in [-0.3, -0.25) is 14.6 Å². The average molecular weight is 794 g/mol. The number of benzene rings is 1. The van der Waals surface area contributed by atoms with Crippen LogP contribution in [-0.2, 0) is 42.8 Å². The monoisotopic (exact) mass is 793 g/mol. The lowest BCUT2D eigenvalue weighted by Crippen LogP contribution is -2.59. The third-order valence-electron chi connectivity index (χ3n) is 11.9. The molecular weight excluding hydrogens is 734 g/mol. The molecule has 0 bridgehead atoms. The summed E-state index contributed by atoms with van der Waals surface area (Å²) < 4.78 is 36.8. The first-order valence-corrected chi connectivity index (χ1v) is 19.8. The Morgan fingerprint density at radius 1 is 1.05 bits per heavy atom. The van der Waals surface area contributed by atoms with E-state index in [9.17, 15) is 19.5 Å². The number of nitrogens with zero attached hydrogens (tertiary/aromatic N) is 3. The van der Waals surface area contributed by atoms with Gasteiger partial charge in [-0.1, -0.05) is 50.8 Å². The van der Waals surface area contributed by atoms with Crippen molar-refractivity contribution >= 4 is 34.5 Å². The molecule has 3 fully saturated rings. The summed E-state index contributed by atoms with van der Waals surface area (Å²) in [6.45, 7) is 14.1. The Bertz CT molecular complexity index is 1860. The fourth-order valence-corrected chi connectivity index (χ4v) is 8.66. The summed E-state index contributed by atoms with van der Waals surface area (Å²) >= 11 is 0. The summed E-state index contributed by atoms with van der Waals surface area (Å²) in [5, 5.41) is 17.1. The summed E-state index contributed by atoms with van der Waals surface area (Å²) in [5.41, 5.74) is -0.524. The van der Waals surface area contributed by atoms with E-state index >= 15 is 0 Å². The number of ether oxygens (including phenoxy) is 6. The van der Waals surface area contributed by atoms with Gasteiger partial charge in [0.05, 0.1) is 29.0 Å². The Labute approximate surface area is 335 Å². The normalized spacial score (nSPS) is 37.4. The number of oxime groups is 1. The minimum absolute atomic E-state index is 0.0553. The summed E-state index contributed by atoms with van der Waals surface area (Å²) in [5.74, 6) is 1.66. The molecular formula is C43H59N3O11. The van der Waals surface area contributed by atoms with E-state index < -0.39 is 83.5 Å². The summed E-state index contributed by atoms with van der Waals surface area (Å²) in [6, 6.07) is 9.30. The van der Waals surface area contributed by atoms with Crippen molar-refractivity contribution in [2.45, 2.75) is 129 Å². The van der Waals surface area contributed by atoms with E-state index in [1.807, 2.05) is 77.0 Å². The molecule has 312 valence electrons. The minimum atomic E-state index is -1.44. The first kappa shape index (κ1) is 44.0. The number of rotatable bonds is 7. The van der Waals surface area contributed by atoms with Gasteiger partial charge in [0.2, 0.25) is 0 Å². The number of cyclic esters (lactones) is 1. The number of carbonyl (C=O) groups excluding carboxylic acids is 3. The number of aliphatic hydroxyl groups is 1. The van der Waals surface area contributed by atoms with Crippen molar-refractivity contribution in [3.05, 3.63) is 42.1 Å². The Morgan fingerprint density at radius 2 is 1.79 bits per heavy atom. The zero-order valence-corrected chi connectivity index (χ0v) is 35.0. The molecule has 1 aromatic carbocycles. The highest BCUT2D eigenvalue weighted by atomic mass is 16.8. The molecule has 0 spiro atoms. The van der Waals surface area contributed by atoms with Crippen molar-refractivity contribution in [1.82, 2.24) is 9.88 Å². The largest absolute Gasteiger partial charge is 0.509 e. The maximum Gasteiger partial charge on any atom is 0.509 e. The SMILES string of the molecule is CC[C@H]1OC(=O)[C@H](C)C(=O)[C@H](C)[C@@H](O[C@@H]2O[C@H](C)C[C@H](N(C)C)[C@H]2O)[C@](C)(OC)C[C@@H](C)/C(=N\OCC#Cc2ccc3ncccc3c2)[C@H](C)[C@H]2OC(=O)O[C@@]21C. The maximum atomic E-state index is 14.3. The van der Waals surface area contributed by atoms with Crippen molar-refractivity contribution in [2.24, 2.45) is 28.8 Å². The zero-order chi connectivity index (χ0) is 41.8.